The van der Waals surface area contributed by atoms with Crippen molar-refractivity contribution in [1.29, 1.82) is 5.26 Å². The topological polar surface area (TPSA) is 33.0 Å². The van der Waals surface area contributed by atoms with Crippen molar-refractivity contribution in [1.82, 2.24) is 0 Å². The number of halogens is 2. The van der Waals surface area contributed by atoms with E-state index in [0.717, 1.165) is 6.07 Å². The average molecular weight is 231 g/mol. The second-order valence-corrected chi connectivity index (χ2v) is 3.29. The van der Waals surface area contributed by atoms with E-state index in [4.69, 9.17) is 10.00 Å². The quantitative estimate of drug-likeness (QED) is 0.790. The highest BCUT2D eigenvalue weighted by Gasteiger charge is 2.06. The Morgan fingerprint density at radius 1 is 1.00 bits per heavy atom. The van der Waals surface area contributed by atoms with Gasteiger partial charge in [0.05, 0.1) is 5.56 Å². The molecule has 0 unspecified atom stereocenters. The standard InChI is InChI=1S/C13H7F2NO/c14-11-3-1-2-4-13(11)17-10-6-5-9(8-16)12(15)7-10/h1-7H. The Morgan fingerprint density at radius 3 is 2.41 bits per heavy atom. The van der Waals surface area contributed by atoms with E-state index in [2.05, 4.69) is 0 Å². The molecule has 0 saturated heterocycles. The molecule has 0 saturated carbocycles. The zero-order valence-corrected chi connectivity index (χ0v) is 8.65. The fraction of sp³-hybridized carbons (Fsp3) is 0. The van der Waals surface area contributed by atoms with Crippen molar-refractivity contribution in [3.8, 4) is 17.6 Å². The Kier molecular flexibility index (Phi) is 3.01. The molecule has 17 heavy (non-hydrogen) atoms. The molecule has 0 aliphatic rings. The van der Waals surface area contributed by atoms with Gasteiger partial charge in [-0.15, -0.1) is 0 Å². The van der Waals surface area contributed by atoms with Crippen LogP contribution in [0.2, 0.25) is 0 Å². The minimum atomic E-state index is -0.693. The largest absolute Gasteiger partial charge is 0.454 e. The van der Waals surface area contributed by atoms with Gasteiger partial charge in [0, 0.05) is 6.07 Å². The number of para-hydroxylation sites is 1. The van der Waals surface area contributed by atoms with Gasteiger partial charge in [-0.25, -0.2) is 8.78 Å². The molecule has 0 aliphatic carbocycles. The second kappa shape index (κ2) is 4.62. The number of benzene rings is 2. The van der Waals surface area contributed by atoms with Gasteiger partial charge >= 0.3 is 0 Å². The van der Waals surface area contributed by atoms with E-state index in [9.17, 15) is 8.78 Å². The van der Waals surface area contributed by atoms with E-state index < -0.39 is 11.6 Å². The van der Waals surface area contributed by atoms with Gasteiger partial charge in [-0.2, -0.15) is 5.26 Å². The molecule has 2 aromatic carbocycles. The molecule has 0 bridgehead atoms. The molecule has 2 aromatic rings. The first-order chi connectivity index (χ1) is 8.20. The van der Waals surface area contributed by atoms with Crippen molar-refractivity contribution in [2.75, 3.05) is 0 Å². The van der Waals surface area contributed by atoms with E-state index in [0.29, 0.717) is 0 Å². The molecule has 0 aromatic heterocycles. The molecular weight excluding hydrogens is 224 g/mol. The maximum atomic E-state index is 13.3. The Morgan fingerprint density at radius 2 is 1.76 bits per heavy atom. The van der Waals surface area contributed by atoms with E-state index in [1.165, 1.54) is 30.3 Å². The molecule has 0 radical (unpaired) electrons. The van der Waals surface area contributed by atoms with Gasteiger partial charge < -0.3 is 4.74 Å². The lowest BCUT2D eigenvalue weighted by atomic mass is 10.2. The molecule has 4 heteroatoms. The van der Waals surface area contributed by atoms with Crippen LogP contribution >= 0.6 is 0 Å². The van der Waals surface area contributed by atoms with Crippen LogP contribution in [0.1, 0.15) is 5.56 Å². The Bertz CT molecular complexity index is 590. The molecule has 0 N–H and O–H groups in total. The average Bonchev–Trinajstić information content (AvgIpc) is 2.32. The lowest BCUT2D eigenvalue weighted by Crippen LogP contribution is -1.90. The molecule has 0 spiro atoms. The number of rotatable bonds is 2. The Labute approximate surface area is 96.7 Å². The fourth-order valence-electron chi connectivity index (χ4n) is 1.30. The first-order valence-corrected chi connectivity index (χ1v) is 4.83. The van der Waals surface area contributed by atoms with Gasteiger partial charge in [-0.1, -0.05) is 12.1 Å². The number of nitrogens with zero attached hydrogens (tertiary/aromatic N) is 1. The summed E-state index contributed by atoms with van der Waals surface area (Å²) in [5.74, 6) is -1.07. The minimum Gasteiger partial charge on any atom is -0.454 e. The summed E-state index contributed by atoms with van der Waals surface area (Å²) in [6.45, 7) is 0. The van der Waals surface area contributed by atoms with Crippen LogP contribution in [0.3, 0.4) is 0 Å². The normalized spacial score (nSPS) is 9.71. The summed E-state index contributed by atoms with van der Waals surface area (Å²) in [5, 5.41) is 8.55. The third kappa shape index (κ3) is 2.40. The van der Waals surface area contributed by atoms with Crippen molar-refractivity contribution in [3.05, 3.63) is 59.7 Å². The molecule has 0 amide bonds. The van der Waals surface area contributed by atoms with E-state index in [1.807, 2.05) is 0 Å². The molecule has 0 atom stereocenters. The minimum absolute atomic E-state index is 0.0107. The van der Waals surface area contributed by atoms with E-state index in [-0.39, 0.29) is 17.1 Å². The van der Waals surface area contributed by atoms with Crippen molar-refractivity contribution in [2.45, 2.75) is 0 Å². The van der Waals surface area contributed by atoms with Crippen molar-refractivity contribution >= 4 is 0 Å². The van der Waals surface area contributed by atoms with Crippen molar-refractivity contribution in [3.63, 3.8) is 0 Å². The summed E-state index contributed by atoms with van der Waals surface area (Å²) in [5.41, 5.74) is -0.0779. The number of ether oxygens (including phenoxy) is 1. The van der Waals surface area contributed by atoms with Crippen LogP contribution in [0.25, 0.3) is 0 Å². The number of hydrogen-bond acceptors (Lipinski definition) is 2. The van der Waals surface area contributed by atoms with Crippen molar-refractivity contribution in [2.24, 2.45) is 0 Å². The summed E-state index contributed by atoms with van der Waals surface area (Å²) >= 11 is 0. The van der Waals surface area contributed by atoms with Crippen molar-refractivity contribution < 1.29 is 13.5 Å². The molecule has 2 nitrogen and oxygen atoms in total. The number of hydrogen-bond donors (Lipinski definition) is 0. The SMILES string of the molecule is N#Cc1ccc(Oc2ccccc2F)cc1F. The van der Waals surface area contributed by atoms with Crippen LogP contribution < -0.4 is 4.74 Å². The van der Waals surface area contributed by atoms with Gasteiger partial charge in [0.25, 0.3) is 0 Å². The lowest BCUT2D eigenvalue weighted by molar-refractivity contribution is 0.438. The Hall–Kier alpha value is -2.41. The second-order valence-electron chi connectivity index (χ2n) is 3.29. The molecule has 0 aliphatic heterocycles. The first-order valence-electron chi connectivity index (χ1n) is 4.83. The predicted octanol–water partition coefficient (Wildman–Crippen LogP) is 3.63. The molecular formula is C13H7F2NO. The van der Waals surface area contributed by atoms with Crippen LogP contribution in [0.5, 0.6) is 11.5 Å². The molecule has 2 rings (SSSR count). The maximum Gasteiger partial charge on any atom is 0.165 e. The molecule has 84 valence electrons. The van der Waals surface area contributed by atoms with Gasteiger partial charge in [0.15, 0.2) is 11.6 Å². The van der Waals surface area contributed by atoms with Crippen LogP contribution in [0.4, 0.5) is 8.78 Å². The van der Waals surface area contributed by atoms with Crippen LogP contribution in [0, 0.1) is 23.0 Å². The fourth-order valence-corrected chi connectivity index (χ4v) is 1.30. The summed E-state index contributed by atoms with van der Waals surface area (Å²) in [4.78, 5) is 0. The molecule has 0 heterocycles. The van der Waals surface area contributed by atoms with Gasteiger partial charge in [-0.05, 0) is 24.3 Å². The highest BCUT2D eigenvalue weighted by Crippen LogP contribution is 2.25. The smallest absolute Gasteiger partial charge is 0.165 e. The Balaban J connectivity index is 2.29. The summed E-state index contributed by atoms with van der Waals surface area (Å²) in [6, 6.07) is 11.3. The van der Waals surface area contributed by atoms with E-state index in [1.54, 1.807) is 12.1 Å². The summed E-state index contributed by atoms with van der Waals surface area (Å²) < 4.78 is 31.7. The lowest BCUT2D eigenvalue weighted by Gasteiger charge is -2.06. The number of nitriles is 1. The highest BCUT2D eigenvalue weighted by atomic mass is 19.1. The predicted molar refractivity (Wildman–Crippen MR) is 57.6 cm³/mol. The summed E-state index contributed by atoms with van der Waals surface area (Å²) in [7, 11) is 0. The maximum absolute atomic E-state index is 13.3. The zero-order chi connectivity index (χ0) is 12.3. The van der Waals surface area contributed by atoms with Crippen LogP contribution in [-0.4, -0.2) is 0 Å². The van der Waals surface area contributed by atoms with Gasteiger partial charge in [0.1, 0.15) is 17.6 Å². The first kappa shape index (κ1) is 11.1. The van der Waals surface area contributed by atoms with Crippen LogP contribution in [0.15, 0.2) is 42.5 Å². The third-order valence-electron chi connectivity index (χ3n) is 2.13. The van der Waals surface area contributed by atoms with Gasteiger partial charge in [-0.3, -0.25) is 0 Å². The summed E-state index contributed by atoms with van der Waals surface area (Å²) in [6.07, 6.45) is 0. The molecule has 0 fully saturated rings. The highest BCUT2D eigenvalue weighted by molar-refractivity contribution is 5.38. The third-order valence-corrected chi connectivity index (χ3v) is 2.13. The zero-order valence-electron chi connectivity index (χ0n) is 8.65. The monoisotopic (exact) mass is 231 g/mol. The van der Waals surface area contributed by atoms with Gasteiger partial charge in [0.2, 0.25) is 0 Å². The van der Waals surface area contributed by atoms with Crippen LogP contribution in [-0.2, 0) is 0 Å². The van der Waals surface area contributed by atoms with E-state index >= 15 is 0 Å².